The number of hydrogen-bond donors (Lipinski definition) is 1. The quantitative estimate of drug-likeness (QED) is 0.864. The minimum Gasteiger partial charge on any atom is -0.508 e. The van der Waals surface area contributed by atoms with E-state index in [1.807, 2.05) is 19.1 Å². The van der Waals surface area contributed by atoms with E-state index in [0.29, 0.717) is 12.2 Å². The van der Waals surface area contributed by atoms with Gasteiger partial charge in [-0.2, -0.15) is 0 Å². The molecule has 1 unspecified atom stereocenters. The lowest BCUT2D eigenvalue weighted by Gasteiger charge is -2.29. The number of hydrogen-bond acceptors (Lipinski definition) is 2. The summed E-state index contributed by atoms with van der Waals surface area (Å²) in [6, 6.07) is 7.12. The van der Waals surface area contributed by atoms with Crippen LogP contribution in [0, 0.1) is 11.3 Å². The van der Waals surface area contributed by atoms with Crippen LogP contribution < -0.4 is 0 Å². The van der Waals surface area contributed by atoms with E-state index < -0.39 is 0 Å². The molecule has 2 heteroatoms. The number of carbonyl (C=O) groups excluding carboxylic acids is 1. The van der Waals surface area contributed by atoms with Gasteiger partial charge >= 0.3 is 0 Å². The van der Waals surface area contributed by atoms with Gasteiger partial charge in [0, 0.05) is 12.3 Å². The molecule has 0 radical (unpaired) electrons. The maximum Gasteiger partial charge on any atom is 0.136 e. The van der Waals surface area contributed by atoms with Crippen LogP contribution >= 0.6 is 0 Å². The van der Waals surface area contributed by atoms with E-state index in [9.17, 15) is 9.90 Å². The molecule has 94 valence electrons. The molecule has 1 aromatic carbocycles. The van der Waals surface area contributed by atoms with Crippen molar-refractivity contribution in [3.05, 3.63) is 29.8 Å². The summed E-state index contributed by atoms with van der Waals surface area (Å²) in [5.41, 5.74) is 1.08. The maximum absolute atomic E-state index is 12.0. The van der Waals surface area contributed by atoms with Crippen molar-refractivity contribution < 1.29 is 9.90 Å². The van der Waals surface area contributed by atoms with Gasteiger partial charge in [0.15, 0.2) is 0 Å². The number of benzene rings is 1. The molecular formula is C15H22O2. The summed E-state index contributed by atoms with van der Waals surface area (Å²) < 4.78 is 0. The van der Waals surface area contributed by atoms with E-state index in [4.69, 9.17) is 0 Å². The molecule has 1 N–H and O–H groups in total. The lowest BCUT2D eigenvalue weighted by molar-refractivity contribution is -0.125. The lowest BCUT2D eigenvalue weighted by Crippen LogP contribution is -2.30. The van der Waals surface area contributed by atoms with Crippen molar-refractivity contribution in [2.75, 3.05) is 0 Å². The fraction of sp³-hybridized carbons (Fsp3) is 0.533. The molecule has 0 amide bonds. The van der Waals surface area contributed by atoms with Crippen LogP contribution in [-0.4, -0.2) is 10.9 Å². The second-order valence-electron chi connectivity index (χ2n) is 5.61. The first-order valence-electron chi connectivity index (χ1n) is 6.15. The van der Waals surface area contributed by atoms with Crippen LogP contribution in [0.3, 0.4) is 0 Å². The highest BCUT2D eigenvalue weighted by molar-refractivity contribution is 5.81. The van der Waals surface area contributed by atoms with Gasteiger partial charge in [-0.1, -0.05) is 39.8 Å². The number of Topliss-reactive ketones (excluding diaryl/α,β-unsaturated/α-hetero) is 1. The second kappa shape index (κ2) is 5.35. The van der Waals surface area contributed by atoms with Crippen LogP contribution in [0.25, 0.3) is 0 Å². The Kier molecular flexibility index (Phi) is 4.33. The molecule has 0 aliphatic rings. The van der Waals surface area contributed by atoms with E-state index in [0.717, 1.165) is 12.0 Å². The Morgan fingerprint density at radius 3 is 2.18 bits per heavy atom. The molecule has 1 aromatic rings. The topological polar surface area (TPSA) is 37.3 Å². The molecule has 1 atom stereocenters. The SMILES string of the molecule is CCC(=O)C(Cc1ccc(O)cc1)C(C)(C)C. The van der Waals surface area contributed by atoms with Crippen molar-refractivity contribution in [2.45, 2.75) is 40.5 Å². The van der Waals surface area contributed by atoms with Gasteiger partial charge in [-0.05, 0) is 29.5 Å². The number of aromatic hydroxyl groups is 1. The Morgan fingerprint density at radius 1 is 1.24 bits per heavy atom. The average Bonchev–Trinajstić information content (AvgIpc) is 2.25. The molecule has 0 spiro atoms. The molecule has 0 bridgehead atoms. The van der Waals surface area contributed by atoms with Crippen molar-refractivity contribution >= 4 is 5.78 Å². The highest BCUT2D eigenvalue weighted by Crippen LogP contribution is 2.31. The normalized spacial score (nSPS) is 13.4. The minimum atomic E-state index is -0.0228. The predicted molar refractivity (Wildman–Crippen MR) is 70.1 cm³/mol. The fourth-order valence-electron chi connectivity index (χ4n) is 2.02. The van der Waals surface area contributed by atoms with Crippen LogP contribution in [0.4, 0.5) is 0 Å². The Morgan fingerprint density at radius 2 is 1.76 bits per heavy atom. The third-order valence-electron chi connectivity index (χ3n) is 3.16. The Labute approximate surface area is 104 Å². The van der Waals surface area contributed by atoms with Crippen LogP contribution in [0.2, 0.25) is 0 Å². The van der Waals surface area contributed by atoms with Crippen molar-refractivity contribution in [1.29, 1.82) is 0 Å². The van der Waals surface area contributed by atoms with Gasteiger partial charge < -0.3 is 5.11 Å². The van der Waals surface area contributed by atoms with E-state index in [1.54, 1.807) is 12.1 Å². The molecule has 0 aromatic heterocycles. The zero-order valence-electron chi connectivity index (χ0n) is 11.2. The largest absolute Gasteiger partial charge is 0.508 e. The molecule has 17 heavy (non-hydrogen) atoms. The minimum absolute atomic E-state index is 0.0228. The van der Waals surface area contributed by atoms with E-state index in [1.165, 1.54) is 0 Å². The van der Waals surface area contributed by atoms with Crippen LogP contribution in [0.1, 0.15) is 39.7 Å². The first kappa shape index (κ1) is 13.8. The molecule has 0 saturated carbocycles. The van der Waals surface area contributed by atoms with Crippen molar-refractivity contribution in [1.82, 2.24) is 0 Å². The summed E-state index contributed by atoms with van der Waals surface area (Å²) in [4.78, 5) is 12.0. The Hall–Kier alpha value is -1.31. The Bertz CT molecular complexity index is 371. The third-order valence-corrected chi connectivity index (χ3v) is 3.16. The van der Waals surface area contributed by atoms with Crippen LogP contribution in [0.5, 0.6) is 5.75 Å². The van der Waals surface area contributed by atoms with Crippen molar-refractivity contribution in [3.8, 4) is 5.75 Å². The fourth-order valence-corrected chi connectivity index (χ4v) is 2.02. The summed E-state index contributed by atoms with van der Waals surface area (Å²) in [6.45, 7) is 8.22. The van der Waals surface area contributed by atoms with Gasteiger partial charge in [0.1, 0.15) is 11.5 Å². The number of phenolic OH excluding ortho intramolecular Hbond substituents is 1. The molecule has 0 fully saturated rings. The average molecular weight is 234 g/mol. The number of ketones is 1. The molecule has 1 rings (SSSR count). The Balaban J connectivity index is 2.87. The van der Waals surface area contributed by atoms with Gasteiger partial charge in [0.2, 0.25) is 0 Å². The maximum atomic E-state index is 12.0. The third kappa shape index (κ3) is 3.88. The van der Waals surface area contributed by atoms with E-state index in [-0.39, 0.29) is 17.1 Å². The monoisotopic (exact) mass is 234 g/mol. The smallest absolute Gasteiger partial charge is 0.136 e. The summed E-state index contributed by atoms with van der Waals surface area (Å²) in [5.74, 6) is 0.616. The zero-order chi connectivity index (χ0) is 13.1. The van der Waals surface area contributed by atoms with Crippen LogP contribution in [0.15, 0.2) is 24.3 Å². The highest BCUT2D eigenvalue weighted by Gasteiger charge is 2.29. The molecule has 0 heterocycles. The van der Waals surface area contributed by atoms with Gasteiger partial charge in [-0.3, -0.25) is 4.79 Å². The molecular weight excluding hydrogens is 212 g/mol. The van der Waals surface area contributed by atoms with Crippen molar-refractivity contribution in [3.63, 3.8) is 0 Å². The molecule has 0 aliphatic carbocycles. The molecule has 0 saturated heterocycles. The van der Waals surface area contributed by atoms with Gasteiger partial charge in [-0.25, -0.2) is 0 Å². The lowest BCUT2D eigenvalue weighted by atomic mass is 9.74. The van der Waals surface area contributed by atoms with Gasteiger partial charge in [0.25, 0.3) is 0 Å². The second-order valence-corrected chi connectivity index (χ2v) is 5.61. The highest BCUT2D eigenvalue weighted by atomic mass is 16.3. The van der Waals surface area contributed by atoms with E-state index in [2.05, 4.69) is 20.8 Å². The van der Waals surface area contributed by atoms with Gasteiger partial charge in [-0.15, -0.1) is 0 Å². The first-order valence-corrected chi connectivity index (χ1v) is 6.15. The van der Waals surface area contributed by atoms with Crippen LogP contribution in [-0.2, 0) is 11.2 Å². The summed E-state index contributed by atoms with van der Waals surface area (Å²) in [6.07, 6.45) is 1.33. The summed E-state index contributed by atoms with van der Waals surface area (Å²) in [5, 5.41) is 9.24. The standard InChI is InChI=1S/C15H22O2/c1-5-14(17)13(15(2,3)4)10-11-6-8-12(16)9-7-11/h6-9,13,16H,5,10H2,1-4H3. The predicted octanol–water partition coefficient (Wildman–Crippen LogP) is 3.58. The van der Waals surface area contributed by atoms with E-state index >= 15 is 0 Å². The molecule has 0 aliphatic heterocycles. The number of phenols is 1. The zero-order valence-corrected chi connectivity index (χ0v) is 11.2. The van der Waals surface area contributed by atoms with Gasteiger partial charge in [0.05, 0.1) is 0 Å². The summed E-state index contributed by atoms with van der Waals surface area (Å²) in [7, 11) is 0. The number of rotatable bonds is 4. The number of carbonyl (C=O) groups is 1. The molecule has 2 nitrogen and oxygen atoms in total. The van der Waals surface area contributed by atoms with Crippen molar-refractivity contribution in [2.24, 2.45) is 11.3 Å². The first-order chi connectivity index (χ1) is 7.84. The summed E-state index contributed by atoms with van der Waals surface area (Å²) >= 11 is 0.